The zero-order valence-electron chi connectivity index (χ0n) is 10.3. The summed E-state index contributed by atoms with van der Waals surface area (Å²) in [5, 5.41) is 11.1. The maximum Gasteiger partial charge on any atom is 0.177 e. The first-order valence-corrected chi connectivity index (χ1v) is 6.13. The molecule has 0 unspecified atom stereocenters. The zero-order valence-corrected chi connectivity index (χ0v) is 11.9. The highest BCUT2D eigenvalue weighted by Crippen LogP contribution is 2.40. The first kappa shape index (κ1) is 12.5. The number of aliphatic hydroxyl groups is 1. The van der Waals surface area contributed by atoms with Crippen LogP contribution in [0.15, 0.2) is 21.0 Å². The number of methoxy groups -OCH3 is 1. The fraction of sp³-hybridized carbons (Fsp3) is 0.385. The van der Waals surface area contributed by atoms with Gasteiger partial charge in [-0.15, -0.1) is 0 Å². The predicted molar refractivity (Wildman–Crippen MR) is 70.4 cm³/mol. The summed E-state index contributed by atoms with van der Waals surface area (Å²) in [5.41, 5.74) is 0.540. The van der Waals surface area contributed by atoms with Gasteiger partial charge in [-0.2, -0.15) is 0 Å². The second-order valence-corrected chi connectivity index (χ2v) is 5.39. The number of hydrogen-bond donors (Lipinski definition) is 1. The largest absolute Gasteiger partial charge is 0.493 e. The fourth-order valence-electron chi connectivity index (χ4n) is 1.86. The van der Waals surface area contributed by atoms with Gasteiger partial charge in [0.2, 0.25) is 0 Å². The molecule has 0 aliphatic carbocycles. The molecule has 1 N–H and O–H groups in total. The summed E-state index contributed by atoms with van der Waals surface area (Å²) in [6.45, 7) is 5.37. The lowest BCUT2D eigenvalue weighted by Crippen LogP contribution is -2.16. The van der Waals surface area contributed by atoms with Gasteiger partial charge in [0.1, 0.15) is 5.76 Å². The van der Waals surface area contributed by atoms with Crippen LogP contribution in [0.25, 0.3) is 11.0 Å². The zero-order chi connectivity index (χ0) is 12.8. The standard InChI is InChI=1S/C13H15BrO3/c1-7-5-8-11(14)9(13(2,3)15)6-10(16-4)12(8)17-7/h5-6,15H,1-4H3. The molecular formula is C13H15BrO3. The Labute approximate surface area is 109 Å². The number of fused-ring (bicyclic) bond motifs is 1. The molecule has 92 valence electrons. The van der Waals surface area contributed by atoms with Crippen molar-refractivity contribution in [3.63, 3.8) is 0 Å². The van der Waals surface area contributed by atoms with Crippen LogP contribution in [-0.2, 0) is 5.60 Å². The average molecular weight is 299 g/mol. The SMILES string of the molecule is COc1cc(C(C)(C)O)c(Br)c2cc(C)oc12. The molecule has 0 amide bonds. The van der Waals surface area contributed by atoms with Gasteiger partial charge in [-0.1, -0.05) is 0 Å². The second-order valence-electron chi connectivity index (χ2n) is 4.60. The first-order chi connectivity index (χ1) is 7.84. The summed E-state index contributed by atoms with van der Waals surface area (Å²) in [6, 6.07) is 3.73. The van der Waals surface area contributed by atoms with E-state index in [1.807, 2.05) is 13.0 Å². The molecule has 1 aromatic carbocycles. The van der Waals surface area contributed by atoms with E-state index in [2.05, 4.69) is 15.9 Å². The van der Waals surface area contributed by atoms with Gasteiger partial charge in [0.25, 0.3) is 0 Å². The minimum absolute atomic E-state index is 0.633. The quantitative estimate of drug-likeness (QED) is 0.918. The van der Waals surface area contributed by atoms with Gasteiger partial charge in [0, 0.05) is 15.4 Å². The van der Waals surface area contributed by atoms with Gasteiger partial charge >= 0.3 is 0 Å². The molecule has 0 radical (unpaired) electrons. The Bertz CT molecular complexity index is 564. The van der Waals surface area contributed by atoms with Crippen molar-refractivity contribution < 1.29 is 14.3 Å². The summed E-state index contributed by atoms with van der Waals surface area (Å²) in [4.78, 5) is 0. The number of rotatable bonds is 2. The van der Waals surface area contributed by atoms with Crippen LogP contribution in [-0.4, -0.2) is 12.2 Å². The lowest BCUT2D eigenvalue weighted by Gasteiger charge is -2.20. The molecule has 0 spiro atoms. The number of benzene rings is 1. The maximum atomic E-state index is 10.1. The monoisotopic (exact) mass is 298 g/mol. The van der Waals surface area contributed by atoms with Crippen molar-refractivity contribution in [3.8, 4) is 5.75 Å². The average Bonchev–Trinajstić information content (AvgIpc) is 2.59. The summed E-state index contributed by atoms with van der Waals surface area (Å²) in [5.74, 6) is 1.44. The summed E-state index contributed by atoms with van der Waals surface area (Å²) < 4.78 is 11.8. The highest BCUT2D eigenvalue weighted by Gasteiger charge is 2.24. The summed E-state index contributed by atoms with van der Waals surface area (Å²) in [7, 11) is 1.59. The Kier molecular flexibility index (Phi) is 2.96. The van der Waals surface area contributed by atoms with Crippen LogP contribution in [0, 0.1) is 6.92 Å². The second kappa shape index (κ2) is 4.03. The molecule has 1 aromatic heterocycles. The lowest BCUT2D eigenvalue weighted by atomic mass is 9.97. The van der Waals surface area contributed by atoms with Gasteiger partial charge in [-0.25, -0.2) is 0 Å². The number of halogens is 1. The minimum atomic E-state index is -0.939. The molecule has 0 saturated carbocycles. The van der Waals surface area contributed by atoms with E-state index in [-0.39, 0.29) is 0 Å². The van der Waals surface area contributed by atoms with Crippen molar-refractivity contribution in [3.05, 3.63) is 27.9 Å². The van der Waals surface area contributed by atoms with Gasteiger partial charge in [0.05, 0.1) is 12.7 Å². The molecule has 4 heteroatoms. The van der Waals surface area contributed by atoms with E-state index in [9.17, 15) is 5.11 Å². The van der Waals surface area contributed by atoms with Crippen molar-refractivity contribution in [1.29, 1.82) is 0 Å². The van der Waals surface area contributed by atoms with Crippen LogP contribution < -0.4 is 4.74 Å². The van der Waals surface area contributed by atoms with Crippen LogP contribution in [0.2, 0.25) is 0 Å². The van der Waals surface area contributed by atoms with Crippen LogP contribution in [0.4, 0.5) is 0 Å². The normalized spacial score (nSPS) is 12.1. The van der Waals surface area contributed by atoms with Crippen molar-refractivity contribution in [2.24, 2.45) is 0 Å². The summed E-state index contributed by atoms with van der Waals surface area (Å²) in [6.07, 6.45) is 0. The van der Waals surface area contributed by atoms with Crippen LogP contribution in [0.5, 0.6) is 5.75 Å². The molecule has 1 heterocycles. The molecule has 3 nitrogen and oxygen atoms in total. The van der Waals surface area contributed by atoms with Crippen molar-refractivity contribution in [1.82, 2.24) is 0 Å². The Morgan fingerprint density at radius 3 is 2.53 bits per heavy atom. The predicted octanol–water partition coefficient (Wildman–Crippen LogP) is 3.74. The van der Waals surface area contributed by atoms with E-state index < -0.39 is 5.60 Å². The Morgan fingerprint density at radius 2 is 2.00 bits per heavy atom. The summed E-state index contributed by atoms with van der Waals surface area (Å²) >= 11 is 3.52. The van der Waals surface area contributed by atoms with E-state index in [1.165, 1.54) is 0 Å². The molecule has 2 aromatic rings. The highest BCUT2D eigenvalue weighted by atomic mass is 79.9. The first-order valence-electron chi connectivity index (χ1n) is 5.34. The van der Waals surface area contributed by atoms with Crippen LogP contribution >= 0.6 is 15.9 Å². The number of ether oxygens (including phenoxy) is 1. The number of hydrogen-bond acceptors (Lipinski definition) is 3. The number of aryl methyl sites for hydroxylation is 1. The Balaban J connectivity index is 2.85. The molecule has 0 fully saturated rings. The molecule has 2 rings (SSSR count). The van der Waals surface area contributed by atoms with Crippen molar-refractivity contribution in [2.75, 3.05) is 7.11 Å². The topological polar surface area (TPSA) is 42.6 Å². The fourth-order valence-corrected chi connectivity index (χ4v) is 2.76. The van der Waals surface area contributed by atoms with Gasteiger partial charge in [-0.3, -0.25) is 0 Å². The van der Waals surface area contributed by atoms with E-state index in [0.29, 0.717) is 11.3 Å². The van der Waals surface area contributed by atoms with E-state index in [1.54, 1.807) is 27.0 Å². The number of furan rings is 1. The lowest BCUT2D eigenvalue weighted by molar-refractivity contribution is 0.0777. The van der Waals surface area contributed by atoms with Crippen molar-refractivity contribution >= 4 is 26.9 Å². The van der Waals surface area contributed by atoms with E-state index in [0.717, 1.165) is 21.2 Å². The van der Waals surface area contributed by atoms with Crippen LogP contribution in [0.3, 0.4) is 0 Å². The molecule has 0 saturated heterocycles. The third-order valence-electron chi connectivity index (χ3n) is 2.71. The molecular weight excluding hydrogens is 284 g/mol. The smallest absolute Gasteiger partial charge is 0.177 e. The van der Waals surface area contributed by atoms with Gasteiger partial charge < -0.3 is 14.3 Å². The molecule has 0 atom stereocenters. The van der Waals surface area contributed by atoms with Gasteiger partial charge in [-0.05, 0) is 48.8 Å². The third-order valence-corrected chi connectivity index (χ3v) is 3.56. The van der Waals surface area contributed by atoms with E-state index in [4.69, 9.17) is 9.15 Å². The van der Waals surface area contributed by atoms with Crippen LogP contribution in [0.1, 0.15) is 25.2 Å². The van der Waals surface area contributed by atoms with E-state index >= 15 is 0 Å². The molecule has 0 bridgehead atoms. The highest BCUT2D eigenvalue weighted by molar-refractivity contribution is 9.10. The van der Waals surface area contributed by atoms with Crippen molar-refractivity contribution in [2.45, 2.75) is 26.4 Å². The Morgan fingerprint density at radius 1 is 1.35 bits per heavy atom. The Hall–Kier alpha value is -1.00. The van der Waals surface area contributed by atoms with Gasteiger partial charge in [0.15, 0.2) is 11.3 Å². The molecule has 0 aliphatic rings. The third kappa shape index (κ3) is 2.07. The molecule has 0 aliphatic heterocycles. The minimum Gasteiger partial charge on any atom is -0.493 e. The maximum absolute atomic E-state index is 10.1. The molecule has 17 heavy (non-hydrogen) atoms.